The highest BCUT2D eigenvalue weighted by Gasteiger charge is 2.17. The van der Waals surface area contributed by atoms with Crippen LogP contribution < -0.4 is 0 Å². The van der Waals surface area contributed by atoms with Crippen LogP contribution in [0.2, 0.25) is 0 Å². The van der Waals surface area contributed by atoms with Crippen LogP contribution in [0.3, 0.4) is 0 Å². The molecule has 1 N–H and O–H groups in total. The van der Waals surface area contributed by atoms with E-state index in [1.807, 2.05) is 0 Å². The Bertz CT molecular complexity index is 834. The summed E-state index contributed by atoms with van der Waals surface area (Å²) < 4.78 is 31.8. The van der Waals surface area contributed by atoms with Gasteiger partial charge in [-0.05, 0) is 54.6 Å². The number of rotatable bonds is 4. The average Bonchev–Trinajstić information content (AvgIpc) is 2.92. The molecule has 0 unspecified atom stereocenters. The minimum absolute atomic E-state index is 0.225. The molecule has 2 aromatic carbocycles. The fourth-order valence-corrected chi connectivity index (χ4v) is 2.32. The Morgan fingerprint density at radius 2 is 1.43 bits per heavy atom. The molecule has 5 heteroatoms. The van der Waals surface area contributed by atoms with E-state index >= 15 is 0 Å². The van der Waals surface area contributed by atoms with Gasteiger partial charge in [0.05, 0.1) is 6.42 Å². The lowest BCUT2D eigenvalue weighted by molar-refractivity contribution is -0.136. The van der Waals surface area contributed by atoms with Crippen molar-refractivity contribution < 1.29 is 23.1 Å². The Kier molecular flexibility index (Phi) is 3.93. The molecule has 3 aromatic rings. The van der Waals surface area contributed by atoms with E-state index in [0.717, 1.165) is 0 Å². The third-order valence-corrected chi connectivity index (χ3v) is 3.39. The normalized spacial score (nSPS) is 10.7. The molecule has 3 nitrogen and oxygen atoms in total. The lowest BCUT2D eigenvalue weighted by Gasteiger charge is -2.01. The molecule has 0 aliphatic heterocycles. The highest BCUT2D eigenvalue weighted by molar-refractivity contribution is 5.77. The van der Waals surface area contributed by atoms with Crippen molar-refractivity contribution in [2.45, 2.75) is 6.42 Å². The number of carboxylic acids is 1. The van der Waals surface area contributed by atoms with E-state index in [4.69, 9.17) is 9.52 Å². The van der Waals surface area contributed by atoms with Gasteiger partial charge in [-0.25, -0.2) is 8.78 Å². The van der Waals surface area contributed by atoms with Crippen LogP contribution in [0.1, 0.15) is 5.56 Å². The highest BCUT2D eigenvalue weighted by atomic mass is 19.1. The SMILES string of the molecule is O=C(O)Cc1cc(-c2ccc(F)cc2)oc1-c1ccc(F)cc1. The smallest absolute Gasteiger partial charge is 0.307 e. The van der Waals surface area contributed by atoms with Crippen LogP contribution >= 0.6 is 0 Å². The molecule has 3 rings (SSSR count). The van der Waals surface area contributed by atoms with Gasteiger partial charge < -0.3 is 9.52 Å². The topological polar surface area (TPSA) is 50.4 Å². The predicted octanol–water partition coefficient (Wildman–Crippen LogP) is 4.52. The van der Waals surface area contributed by atoms with E-state index in [0.29, 0.717) is 28.2 Å². The predicted molar refractivity (Wildman–Crippen MR) is 80.8 cm³/mol. The number of carbonyl (C=O) groups is 1. The summed E-state index contributed by atoms with van der Waals surface area (Å²) in [5.74, 6) is -0.962. The fourth-order valence-electron chi connectivity index (χ4n) is 2.32. The quantitative estimate of drug-likeness (QED) is 0.770. The first-order valence-electron chi connectivity index (χ1n) is 6.89. The first kappa shape index (κ1) is 15.0. The monoisotopic (exact) mass is 314 g/mol. The zero-order chi connectivity index (χ0) is 16.4. The van der Waals surface area contributed by atoms with Gasteiger partial charge in [0.15, 0.2) is 0 Å². The van der Waals surface area contributed by atoms with E-state index in [1.54, 1.807) is 18.2 Å². The second-order valence-corrected chi connectivity index (χ2v) is 5.05. The van der Waals surface area contributed by atoms with Crippen LogP contribution in [0.25, 0.3) is 22.6 Å². The Balaban J connectivity index is 2.08. The van der Waals surface area contributed by atoms with Crippen LogP contribution in [-0.2, 0) is 11.2 Å². The lowest BCUT2D eigenvalue weighted by Crippen LogP contribution is -1.99. The number of halogens is 2. The minimum atomic E-state index is -1.00. The van der Waals surface area contributed by atoms with Crippen LogP contribution in [0.4, 0.5) is 8.78 Å². The Hall–Kier alpha value is -2.95. The average molecular weight is 314 g/mol. The zero-order valence-corrected chi connectivity index (χ0v) is 11.9. The Labute approximate surface area is 130 Å². The van der Waals surface area contributed by atoms with E-state index in [2.05, 4.69) is 0 Å². The van der Waals surface area contributed by atoms with E-state index in [-0.39, 0.29) is 18.1 Å². The second-order valence-electron chi connectivity index (χ2n) is 5.05. The largest absolute Gasteiger partial charge is 0.481 e. The molecule has 0 atom stereocenters. The summed E-state index contributed by atoms with van der Waals surface area (Å²) in [5, 5.41) is 9.05. The maximum Gasteiger partial charge on any atom is 0.307 e. The molecule has 0 aliphatic carbocycles. The van der Waals surface area contributed by atoms with Gasteiger partial charge >= 0.3 is 5.97 Å². The van der Waals surface area contributed by atoms with Crippen LogP contribution in [0, 0.1) is 11.6 Å². The molecule has 0 amide bonds. The zero-order valence-electron chi connectivity index (χ0n) is 11.9. The Morgan fingerprint density at radius 1 is 0.913 bits per heavy atom. The molecule has 1 aromatic heterocycles. The van der Waals surface area contributed by atoms with Crippen molar-refractivity contribution in [1.82, 2.24) is 0 Å². The van der Waals surface area contributed by atoms with E-state index < -0.39 is 5.97 Å². The number of furan rings is 1. The van der Waals surface area contributed by atoms with E-state index in [9.17, 15) is 13.6 Å². The van der Waals surface area contributed by atoms with Crippen molar-refractivity contribution in [3.05, 3.63) is 71.8 Å². The molecule has 0 saturated heterocycles. The maximum absolute atomic E-state index is 13.1. The number of carboxylic acid groups (broad SMARTS) is 1. The van der Waals surface area contributed by atoms with Gasteiger partial charge in [0.1, 0.15) is 23.2 Å². The van der Waals surface area contributed by atoms with Gasteiger partial charge in [-0.1, -0.05) is 0 Å². The first-order chi connectivity index (χ1) is 11.0. The molecule has 116 valence electrons. The highest BCUT2D eigenvalue weighted by Crippen LogP contribution is 2.33. The third-order valence-electron chi connectivity index (χ3n) is 3.39. The molecule has 0 saturated carbocycles. The van der Waals surface area contributed by atoms with Crippen molar-refractivity contribution in [3.8, 4) is 22.6 Å². The molecule has 0 spiro atoms. The molecule has 0 radical (unpaired) electrons. The van der Waals surface area contributed by atoms with E-state index in [1.165, 1.54) is 36.4 Å². The van der Waals surface area contributed by atoms with Crippen LogP contribution in [0.5, 0.6) is 0 Å². The Morgan fingerprint density at radius 3 is 1.96 bits per heavy atom. The van der Waals surface area contributed by atoms with Crippen LogP contribution in [-0.4, -0.2) is 11.1 Å². The summed E-state index contributed by atoms with van der Waals surface area (Å²) in [7, 11) is 0. The lowest BCUT2D eigenvalue weighted by atomic mass is 10.1. The molecular weight excluding hydrogens is 302 g/mol. The number of benzene rings is 2. The van der Waals surface area contributed by atoms with Gasteiger partial charge in [-0.2, -0.15) is 0 Å². The number of hydrogen-bond acceptors (Lipinski definition) is 2. The van der Waals surface area contributed by atoms with Crippen molar-refractivity contribution in [3.63, 3.8) is 0 Å². The molecular formula is C18H12F2O3. The molecule has 0 bridgehead atoms. The van der Waals surface area contributed by atoms with Crippen molar-refractivity contribution in [2.24, 2.45) is 0 Å². The third kappa shape index (κ3) is 3.29. The first-order valence-corrected chi connectivity index (χ1v) is 6.89. The van der Waals surface area contributed by atoms with Gasteiger partial charge in [-0.3, -0.25) is 4.79 Å². The van der Waals surface area contributed by atoms with Crippen LogP contribution in [0.15, 0.2) is 59.0 Å². The fraction of sp³-hybridized carbons (Fsp3) is 0.0556. The molecule has 0 fully saturated rings. The van der Waals surface area contributed by atoms with Gasteiger partial charge in [-0.15, -0.1) is 0 Å². The van der Waals surface area contributed by atoms with Crippen molar-refractivity contribution in [2.75, 3.05) is 0 Å². The van der Waals surface area contributed by atoms with Crippen molar-refractivity contribution >= 4 is 5.97 Å². The van der Waals surface area contributed by atoms with Gasteiger partial charge in [0.25, 0.3) is 0 Å². The number of aliphatic carboxylic acids is 1. The second kappa shape index (κ2) is 6.04. The summed E-state index contributed by atoms with van der Waals surface area (Å²) in [4.78, 5) is 11.0. The number of hydrogen-bond donors (Lipinski definition) is 1. The van der Waals surface area contributed by atoms with Gasteiger partial charge in [0.2, 0.25) is 0 Å². The summed E-state index contributed by atoms with van der Waals surface area (Å²) >= 11 is 0. The summed E-state index contributed by atoms with van der Waals surface area (Å²) in [6, 6.07) is 12.9. The van der Waals surface area contributed by atoms with Crippen molar-refractivity contribution in [1.29, 1.82) is 0 Å². The summed E-state index contributed by atoms with van der Waals surface area (Å²) in [6.07, 6.45) is -0.225. The maximum atomic E-state index is 13.1. The molecule has 23 heavy (non-hydrogen) atoms. The standard InChI is InChI=1S/C18H12F2O3/c19-14-5-1-11(2-6-14)16-9-13(10-17(21)22)18(23-16)12-3-7-15(20)8-4-12/h1-9H,10H2,(H,21,22). The summed E-state index contributed by atoms with van der Waals surface area (Å²) in [5.41, 5.74) is 1.69. The molecule has 0 aliphatic rings. The minimum Gasteiger partial charge on any atom is -0.481 e. The summed E-state index contributed by atoms with van der Waals surface area (Å²) in [6.45, 7) is 0. The van der Waals surface area contributed by atoms with Gasteiger partial charge in [0, 0.05) is 16.7 Å². The molecule has 1 heterocycles.